The molecule has 2 atom stereocenters. The van der Waals surface area contributed by atoms with Gasteiger partial charge < -0.3 is 27.9 Å². The van der Waals surface area contributed by atoms with Crippen molar-refractivity contribution < 1.29 is 42.1 Å². The molecule has 0 fully saturated rings. The molecule has 0 saturated heterocycles. The van der Waals surface area contributed by atoms with E-state index >= 15 is 0 Å². The van der Waals surface area contributed by atoms with E-state index < -0.39 is 32.5 Å². The van der Waals surface area contributed by atoms with Crippen LogP contribution in [0.15, 0.2) is 72.9 Å². The number of hydrogen-bond acceptors (Lipinski definition) is 8. The fourth-order valence-corrected chi connectivity index (χ4v) is 9.23. The normalized spacial score (nSPS) is 13.8. The second kappa shape index (κ2) is 55.2. The van der Waals surface area contributed by atoms with Crippen LogP contribution in [-0.2, 0) is 32.7 Å². The molecule has 0 aliphatic carbocycles. The number of esters is 2. The summed E-state index contributed by atoms with van der Waals surface area (Å²) in [5, 5.41) is 0. The number of rotatable bonds is 56. The molecule has 0 radical (unpaired) electrons. The number of carbonyl (C=O) groups excluding carboxylic acids is 2. The maximum atomic E-state index is 12.8. The van der Waals surface area contributed by atoms with Crippen molar-refractivity contribution in [3.63, 3.8) is 0 Å². The van der Waals surface area contributed by atoms with Crippen LogP contribution in [0.2, 0.25) is 0 Å². The Kier molecular flexibility index (Phi) is 53.3. The van der Waals surface area contributed by atoms with E-state index in [0.717, 1.165) is 70.6 Å². The van der Waals surface area contributed by atoms with Crippen LogP contribution in [0.5, 0.6) is 0 Å². The Morgan fingerprint density at radius 2 is 0.770 bits per heavy atom. The van der Waals surface area contributed by atoms with Crippen molar-refractivity contribution in [3.8, 4) is 0 Å². The number of phosphoric acid groups is 1. The van der Waals surface area contributed by atoms with Gasteiger partial charge in [-0.2, -0.15) is 0 Å². The topological polar surface area (TPSA) is 111 Å². The molecule has 0 bridgehead atoms. The molecule has 0 aromatic heterocycles. The fraction of sp³-hybridized carbons (Fsp3) is 0.781. The van der Waals surface area contributed by atoms with Crippen LogP contribution in [0.1, 0.15) is 271 Å². The number of phosphoric ester groups is 1. The second-order valence-electron chi connectivity index (χ2n) is 21.7. The predicted octanol–water partition coefficient (Wildman–Crippen LogP) is 18.6. The summed E-state index contributed by atoms with van der Waals surface area (Å²) in [5.41, 5.74) is 0. The zero-order valence-corrected chi connectivity index (χ0v) is 49.7. The molecule has 0 N–H and O–H groups in total. The minimum absolute atomic E-state index is 0.0367. The van der Waals surface area contributed by atoms with Gasteiger partial charge in [-0.05, 0) is 83.5 Å². The first-order chi connectivity index (χ1) is 36.0. The number of unbranched alkanes of at least 4 members (excludes halogenated alkanes) is 30. The van der Waals surface area contributed by atoms with E-state index in [1.807, 2.05) is 21.1 Å². The molecule has 74 heavy (non-hydrogen) atoms. The summed E-state index contributed by atoms with van der Waals surface area (Å²) in [7, 11) is 1.15. The molecular weight excluding hydrogens is 942 g/mol. The maximum absolute atomic E-state index is 12.8. The fourth-order valence-electron chi connectivity index (χ4n) is 8.50. The number of ether oxygens (including phenoxy) is 2. The Balaban J connectivity index is 3.94. The van der Waals surface area contributed by atoms with E-state index in [1.165, 1.54) is 161 Å². The maximum Gasteiger partial charge on any atom is 0.306 e. The molecule has 2 unspecified atom stereocenters. The third kappa shape index (κ3) is 58.7. The molecule has 0 saturated carbocycles. The van der Waals surface area contributed by atoms with Crippen molar-refractivity contribution >= 4 is 19.8 Å². The number of nitrogens with zero attached hydrogens (tertiary/aromatic N) is 1. The second-order valence-corrected chi connectivity index (χ2v) is 23.1. The average molecular weight is 1060 g/mol. The van der Waals surface area contributed by atoms with Crippen molar-refractivity contribution in [1.29, 1.82) is 0 Å². The molecule has 9 nitrogen and oxygen atoms in total. The number of allylic oxidation sites excluding steroid dienone is 12. The van der Waals surface area contributed by atoms with Gasteiger partial charge in [0, 0.05) is 12.8 Å². The molecular formula is C64H116NO8P. The van der Waals surface area contributed by atoms with Gasteiger partial charge in [-0.25, -0.2) is 0 Å². The number of quaternary nitrogens is 1. The average Bonchev–Trinajstić information content (AvgIpc) is 3.36. The van der Waals surface area contributed by atoms with Crippen molar-refractivity contribution in [2.75, 3.05) is 47.5 Å². The Morgan fingerprint density at radius 3 is 1.16 bits per heavy atom. The third-order valence-electron chi connectivity index (χ3n) is 13.2. The van der Waals surface area contributed by atoms with E-state index in [2.05, 4.69) is 86.8 Å². The molecule has 0 aliphatic heterocycles. The Morgan fingerprint density at radius 1 is 0.432 bits per heavy atom. The molecule has 0 aromatic rings. The van der Waals surface area contributed by atoms with Crippen LogP contribution in [0.3, 0.4) is 0 Å². The lowest BCUT2D eigenvalue weighted by Gasteiger charge is -2.28. The van der Waals surface area contributed by atoms with Crippen LogP contribution in [-0.4, -0.2) is 70.0 Å². The number of likely N-dealkylation sites (N-methyl/N-ethyl adjacent to an activating group) is 1. The lowest BCUT2D eigenvalue weighted by Crippen LogP contribution is -2.37. The smallest absolute Gasteiger partial charge is 0.306 e. The molecule has 430 valence electrons. The summed E-state index contributed by atoms with van der Waals surface area (Å²) in [4.78, 5) is 37.8. The number of carbonyl (C=O) groups is 2. The SMILES string of the molecule is CC/C=C\C/C=C\C/C=C\CCCCCC(=O)OCC(COP(=O)([O-])OCC[N+](C)(C)C)OC(=O)CCCCCCCCCCCCCCCCCCCCCCCC/C=C\C/C=C\C/C=C\CCCCCCC. The minimum atomic E-state index is -4.64. The Hall–Kier alpha value is -2.55. The summed E-state index contributed by atoms with van der Waals surface area (Å²) in [6, 6.07) is 0. The highest BCUT2D eigenvalue weighted by atomic mass is 31.2. The zero-order chi connectivity index (χ0) is 54.2. The van der Waals surface area contributed by atoms with E-state index in [9.17, 15) is 19.0 Å². The number of hydrogen-bond donors (Lipinski definition) is 0. The van der Waals surface area contributed by atoms with E-state index in [0.29, 0.717) is 23.9 Å². The van der Waals surface area contributed by atoms with Gasteiger partial charge in [-0.15, -0.1) is 0 Å². The quantitative estimate of drug-likeness (QED) is 0.0195. The first kappa shape index (κ1) is 71.5. The lowest BCUT2D eigenvalue weighted by atomic mass is 10.0. The highest BCUT2D eigenvalue weighted by molar-refractivity contribution is 7.45. The van der Waals surface area contributed by atoms with Crippen LogP contribution in [0.25, 0.3) is 0 Å². The van der Waals surface area contributed by atoms with Crippen molar-refractivity contribution in [1.82, 2.24) is 0 Å². The van der Waals surface area contributed by atoms with Gasteiger partial charge in [0.15, 0.2) is 6.10 Å². The first-order valence-electron chi connectivity index (χ1n) is 30.6. The van der Waals surface area contributed by atoms with Crippen LogP contribution < -0.4 is 4.89 Å². The molecule has 0 heterocycles. The molecule has 0 aromatic carbocycles. The summed E-state index contributed by atoms with van der Waals surface area (Å²) >= 11 is 0. The molecule has 10 heteroatoms. The Labute approximate surface area is 457 Å². The van der Waals surface area contributed by atoms with Gasteiger partial charge in [0.25, 0.3) is 7.82 Å². The van der Waals surface area contributed by atoms with Crippen LogP contribution in [0.4, 0.5) is 0 Å². The van der Waals surface area contributed by atoms with E-state index in [-0.39, 0.29) is 26.1 Å². The summed E-state index contributed by atoms with van der Waals surface area (Å²) in [5.74, 6) is -0.863. The minimum Gasteiger partial charge on any atom is -0.756 e. The van der Waals surface area contributed by atoms with E-state index in [4.69, 9.17) is 18.5 Å². The van der Waals surface area contributed by atoms with Crippen molar-refractivity contribution in [2.45, 2.75) is 277 Å². The van der Waals surface area contributed by atoms with Gasteiger partial charge in [0.05, 0.1) is 27.7 Å². The van der Waals surface area contributed by atoms with Crippen LogP contribution in [0, 0.1) is 0 Å². The molecule has 0 amide bonds. The molecule has 0 spiro atoms. The van der Waals surface area contributed by atoms with Gasteiger partial charge in [-0.3, -0.25) is 14.2 Å². The lowest BCUT2D eigenvalue weighted by molar-refractivity contribution is -0.870. The van der Waals surface area contributed by atoms with E-state index in [1.54, 1.807) is 0 Å². The summed E-state index contributed by atoms with van der Waals surface area (Å²) in [6.07, 6.45) is 72.8. The standard InChI is InChI=1S/C64H116NO8P/c1-6-8-10-12-14-16-18-20-21-22-23-24-25-26-27-28-29-30-31-32-33-34-35-36-37-38-39-40-41-42-43-45-47-49-51-53-55-57-64(67)73-62(61-72-74(68,69)71-59-58-65(3,4)5)60-70-63(66)56-54-52-50-48-46-44-19-17-15-13-11-9-7-2/h9,11,15,17-18,20,22-23,25-26,44,46,62H,6-8,10,12-14,16,19,21,24,27-43,45,47-61H2,1-5H3/b11-9-,17-15-,20-18-,23-22-,26-25-,46-44-. The van der Waals surface area contributed by atoms with Gasteiger partial charge in [0.1, 0.15) is 19.8 Å². The van der Waals surface area contributed by atoms with Gasteiger partial charge >= 0.3 is 11.9 Å². The van der Waals surface area contributed by atoms with Crippen LogP contribution >= 0.6 is 7.82 Å². The van der Waals surface area contributed by atoms with Gasteiger partial charge in [-0.1, -0.05) is 247 Å². The monoisotopic (exact) mass is 1060 g/mol. The molecule has 0 aliphatic rings. The zero-order valence-electron chi connectivity index (χ0n) is 48.8. The highest BCUT2D eigenvalue weighted by Gasteiger charge is 2.22. The summed E-state index contributed by atoms with van der Waals surface area (Å²) < 4.78 is 34.1. The largest absolute Gasteiger partial charge is 0.756 e. The van der Waals surface area contributed by atoms with Crippen molar-refractivity contribution in [2.24, 2.45) is 0 Å². The summed E-state index contributed by atoms with van der Waals surface area (Å²) in [6.45, 7) is 4.09. The van der Waals surface area contributed by atoms with Crippen molar-refractivity contribution in [3.05, 3.63) is 72.9 Å². The Bertz CT molecular complexity index is 1480. The third-order valence-corrected chi connectivity index (χ3v) is 14.2. The van der Waals surface area contributed by atoms with Gasteiger partial charge in [0.2, 0.25) is 0 Å². The predicted molar refractivity (Wildman–Crippen MR) is 314 cm³/mol. The molecule has 0 rings (SSSR count). The first-order valence-corrected chi connectivity index (χ1v) is 32.1. The highest BCUT2D eigenvalue weighted by Crippen LogP contribution is 2.38.